The molecule has 102 valence electrons. The van der Waals surface area contributed by atoms with E-state index in [-0.39, 0.29) is 10.0 Å². The molecule has 0 fully saturated rings. The van der Waals surface area contributed by atoms with E-state index >= 15 is 0 Å². The predicted octanol–water partition coefficient (Wildman–Crippen LogP) is 3.25. The SMILES string of the molecule is Cc1c(N)cc(S(=O)(=O)Nc2ncc(Br)s2)cc1Cl. The van der Waals surface area contributed by atoms with Gasteiger partial charge in [-0.1, -0.05) is 22.9 Å². The average Bonchev–Trinajstić information content (AvgIpc) is 2.70. The second-order valence-corrected chi connectivity index (χ2v) is 8.19. The number of rotatable bonds is 3. The second-order valence-electron chi connectivity index (χ2n) is 3.69. The lowest BCUT2D eigenvalue weighted by molar-refractivity contribution is 0.601. The van der Waals surface area contributed by atoms with Gasteiger partial charge >= 0.3 is 0 Å². The number of sulfonamides is 1. The van der Waals surface area contributed by atoms with E-state index < -0.39 is 10.0 Å². The summed E-state index contributed by atoms with van der Waals surface area (Å²) in [5.74, 6) is 0. The summed E-state index contributed by atoms with van der Waals surface area (Å²) in [6, 6.07) is 2.73. The molecule has 5 nitrogen and oxygen atoms in total. The molecule has 3 N–H and O–H groups in total. The quantitative estimate of drug-likeness (QED) is 0.798. The molecule has 2 aromatic rings. The third kappa shape index (κ3) is 3.19. The summed E-state index contributed by atoms with van der Waals surface area (Å²) in [6.45, 7) is 1.72. The summed E-state index contributed by atoms with van der Waals surface area (Å²) in [5, 5.41) is 0.572. The monoisotopic (exact) mass is 381 g/mol. The highest BCUT2D eigenvalue weighted by molar-refractivity contribution is 9.11. The molecule has 19 heavy (non-hydrogen) atoms. The van der Waals surface area contributed by atoms with Gasteiger partial charge in [0.25, 0.3) is 10.0 Å². The third-order valence-corrected chi connectivity index (χ3v) is 5.60. The van der Waals surface area contributed by atoms with Crippen molar-refractivity contribution in [3.05, 3.63) is 32.7 Å². The van der Waals surface area contributed by atoms with Gasteiger partial charge in [0.1, 0.15) is 0 Å². The van der Waals surface area contributed by atoms with Crippen molar-refractivity contribution in [2.24, 2.45) is 0 Å². The number of hydrogen-bond donors (Lipinski definition) is 2. The van der Waals surface area contributed by atoms with Crippen molar-refractivity contribution in [3.63, 3.8) is 0 Å². The number of aromatic nitrogens is 1. The van der Waals surface area contributed by atoms with Crippen molar-refractivity contribution in [1.29, 1.82) is 0 Å². The smallest absolute Gasteiger partial charge is 0.263 e. The van der Waals surface area contributed by atoms with Gasteiger partial charge in [0.05, 0.1) is 14.9 Å². The maximum atomic E-state index is 12.2. The summed E-state index contributed by atoms with van der Waals surface area (Å²) in [6.07, 6.45) is 1.51. The molecule has 0 aliphatic heterocycles. The van der Waals surface area contributed by atoms with Crippen LogP contribution in [-0.2, 0) is 10.0 Å². The molecule has 0 radical (unpaired) electrons. The Hall–Kier alpha value is -0.830. The summed E-state index contributed by atoms with van der Waals surface area (Å²) in [4.78, 5) is 3.91. The number of nitrogens with one attached hydrogen (secondary N) is 1. The number of anilines is 2. The summed E-state index contributed by atoms with van der Waals surface area (Å²) >= 11 is 10.3. The summed E-state index contributed by atoms with van der Waals surface area (Å²) in [7, 11) is -3.75. The van der Waals surface area contributed by atoms with E-state index in [1.54, 1.807) is 6.92 Å². The fourth-order valence-electron chi connectivity index (χ4n) is 1.30. The third-order valence-electron chi connectivity index (χ3n) is 2.37. The summed E-state index contributed by atoms with van der Waals surface area (Å²) in [5.41, 5.74) is 6.70. The van der Waals surface area contributed by atoms with Gasteiger partial charge in [0, 0.05) is 10.7 Å². The zero-order valence-electron chi connectivity index (χ0n) is 9.65. The lowest BCUT2D eigenvalue weighted by Gasteiger charge is -2.09. The van der Waals surface area contributed by atoms with Crippen LogP contribution < -0.4 is 10.5 Å². The zero-order chi connectivity index (χ0) is 14.2. The topological polar surface area (TPSA) is 85.1 Å². The van der Waals surface area contributed by atoms with E-state index in [0.29, 0.717) is 16.3 Å². The maximum Gasteiger partial charge on any atom is 0.263 e. The minimum Gasteiger partial charge on any atom is -0.398 e. The fraction of sp³-hybridized carbons (Fsp3) is 0.100. The van der Waals surface area contributed by atoms with Crippen LogP contribution in [0.2, 0.25) is 5.02 Å². The molecule has 0 aliphatic rings. The van der Waals surface area contributed by atoms with E-state index in [1.807, 2.05) is 0 Å². The van der Waals surface area contributed by atoms with Crippen LogP contribution >= 0.6 is 38.9 Å². The number of thiazole rings is 1. The molecule has 2 rings (SSSR count). The number of hydrogen-bond acceptors (Lipinski definition) is 5. The molecule has 0 saturated carbocycles. The van der Waals surface area contributed by atoms with Crippen LogP contribution in [0.4, 0.5) is 10.8 Å². The molecule has 1 aromatic carbocycles. The Morgan fingerprint density at radius 3 is 2.68 bits per heavy atom. The fourth-order valence-corrected chi connectivity index (χ4v) is 4.01. The highest BCUT2D eigenvalue weighted by Crippen LogP contribution is 2.29. The molecular formula is C10H9BrClN3O2S2. The first kappa shape index (κ1) is 14.6. The van der Waals surface area contributed by atoms with E-state index in [4.69, 9.17) is 17.3 Å². The summed E-state index contributed by atoms with van der Waals surface area (Å²) < 4.78 is 27.4. The highest BCUT2D eigenvalue weighted by atomic mass is 79.9. The zero-order valence-corrected chi connectivity index (χ0v) is 13.6. The van der Waals surface area contributed by atoms with Gasteiger partial charge < -0.3 is 5.73 Å². The van der Waals surface area contributed by atoms with E-state index in [0.717, 1.165) is 3.79 Å². The van der Waals surface area contributed by atoms with Crippen LogP contribution in [0, 0.1) is 6.92 Å². The number of benzene rings is 1. The Morgan fingerprint density at radius 2 is 2.16 bits per heavy atom. The first-order valence-corrected chi connectivity index (χ1v) is 8.46. The standard InChI is InChI=1S/C10H9BrClN3O2S2/c1-5-7(12)2-6(3-8(5)13)19(16,17)15-10-14-4-9(11)18-10/h2-4H,13H2,1H3,(H,14,15). The van der Waals surface area contributed by atoms with Crippen LogP contribution in [0.3, 0.4) is 0 Å². The molecule has 0 unspecified atom stereocenters. The van der Waals surface area contributed by atoms with Crippen molar-refractivity contribution in [3.8, 4) is 0 Å². The normalized spacial score (nSPS) is 11.5. The van der Waals surface area contributed by atoms with E-state index in [1.165, 1.54) is 29.7 Å². The van der Waals surface area contributed by atoms with Crippen molar-refractivity contribution >= 4 is 59.7 Å². The lowest BCUT2D eigenvalue weighted by atomic mass is 10.2. The molecule has 0 amide bonds. The second kappa shape index (κ2) is 5.28. The molecular weight excluding hydrogens is 374 g/mol. The molecule has 1 heterocycles. The molecule has 0 saturated heterocycles. The van der Waals surface area contributed by atoms with Crippen LogP contribution in [0.1, 0.15) is 5.56 Å². The van der Waals surface area contributed by atoms with Gasteiger partial charge in [-0.15, -0.1) is 0 Å². The number of halogens is 2. The number of nitrogens with two attached hydrogens (primary N) is 1. The number of nitrogens with zero attached hydrogens (tertiary/aromatic N) is 1. The highest BCUT2D eigenvalue weighted by Gasteiger charge is 2.18. The molecule has 9 heteroatoms. The molecule has 0 atom stereocenters. The minimum atomic E-state index is -3.75. The number of nitrogen functional groups attached to an aromatic ring is 1. The Labute approximate surface area is 128 Å². The van der Waals surface area contributed by atoms with Crippen LogP contribution in [0.5, 0.6) is 0 Å². The lowest BCUT2D eigenvalue weighted by Crippen LogP contribution is -2.13. The van der Waals surface area contributed by atoms with Gasteiger partial charge in [0.2, 0.25) is 0 Å². The predicted molar refractivity (Wildman–Crippen MR) is 81.2 cm³/mol. The van der Waals surface area contributed by atoms with Crippen molar-refractivity contribution in [2.45, 2.75) is 11.8 Å². The van der Waals surface area contributed by atoms with Gasteiger partial charge in [-0.3, -0.25) is 4.72 Å². The molecule has 0 spiro atoms. The van der Waals surface area contributed by atoms with Gasteiger partial charge in [0.15, 0.2) is 5.13 Å². The Kier molecular flexibility index (Phi) is 4.05. The van der Waals surface area contributed by atoms with Gasteiger partial charge in [-0.25, -0.2) is 13.4 Å². The van der Waals surface area contributed by atoms with Gasteiger partial charge in [-0.05, 0) is 40.5 Å². The van der Waals surface area contributed by atoms with Crippen molar-refractivity contribution < 1.29 is 8.42 Å². The van der Waals surface area contributed by atoms with Crippen molar-refractivity contribution in [1.82, 2.24) is 4.98 Å². The molecule has 1 aromatic heterocycles. The van der Waals surface area contributed by atoms with Crippen LogP contribution in [0.15, 0.2) is 27.0 Å². The van der Waals surface area contributed by atoms with E-state index in [2.05, 4.69) is 25.6 Å². The first-order chi connectivity index (χ1) is 8.79. The van der Waals surface area contributed by atoms with Crippen LogP contribution in [0.25, 0.3) is 0 Å². The Balaban J connectivity index is 2.40. The molecule has 0 aliphatic carbocycles. The van der Waals surface area contributed by atoms with Crippen molar-refractivity contribution in [2.75, 3.05) is 10.5 Å². The first-order valence-electron chi connectivity index (χ1n) is 4.99. The van der Waals surface area contributed by atoms with Gasteiger partial charge in [-0.2, -0.15) is 0 Å². The maximum absolute atomic E-state index is 12.2. The minimum absolute atomic E-state index is 0.00641. The van der Waals surface area contributed by atoms with E-state index in [9.17, 15) is 8.42 Å². The molecule has 0 bridgehead atoms. The average molecular weight is 383 g/mol. The Bertz CT molecular complexity index is 707. The Morgan fingerprint density at radius 1 is 1.47 bits per heavy atom. The van der Waals surface area contributed by atoms with Crippen LogP contribution in [-0.4, -0.2) is 13.4 Å². The largest absolute Gasteiger partial charge is 0.398 e.